The maximum Gasteiger partial charge on any atom is 0.251 e. The lowest BCUT2D eigenvalue weighted by Gasteiger charge is -2.21. The number of amides is 1. The van der Waals surface area contributed by atoms with Gasteiger partial charge in [-0.1, -0.05) is 13.8 Å². The lowest BCUT2D eigenvalue weighted by atomic mass is 10.00. The molecule has 0 bridgehead atoms. The Morgan fingerprint density at radius 3 is 2.76 bits per heavy atom. The Kier molecular flexibility index (Phi) is 4.33. The van der Waals surface area contributed by atoms with Crippen molar-refractivity contribution in [1.29, 1.82) is 0 Å². The lowest BCUT2D eigenvalue weighted by molar-refractivity contribution is -0.117. The second kappa shape index (κ2) is 6.50. The summed E-state index contributed by atoms with van der Waals surface area (Å²) in [6.07, 6.45) is 5.99. The Morgan fingerprint density at radius 1 is 1.24 bits per heavy atom. The second-order valence-electron chi connectivity index (χ2n) is 7.88. The number of carbonyl (C=O) groups excluding carboxylic acids is 1. The monoisotopic (exact) mass is 345 g/mol. The molecule has 4 rings (SSSR count). The molecule has 1 aromatic rings. The Labute approximate surface area is 148 Å². The molecule has 0 aromatic heterocycles. The minimum Gasteiger partial charge on any atom is -0.448 e. The number of carbonyl (C=O) groups is 1. The highest BCUT2D eigenvalue weighted by molar-refractivity contribution is 5.95. The number of anilines is 1. The van der Waals surface area contributed by atoms with Gasteiger partial charge in [0.2, 0.25) is 5.91 Å². The zero-order valence-electron chi connectivity index (χ0n) is 14.9. The molecule has 136 valence electrons. The average molecular weight is 345 g/mol. The van der Waals surface area contributed by atoms with E-state index in [9.17, 15) is 4.79 Å². The van der Waals surface area contributed by atoms with E-state index in [1.807, 2.05) is 18.2 Å². The Hall–Kier alpha value is -1.79. The number of rotatable bonds is 4. The normalized spacial score (nSPS) is 26.5. The number of nitrogens with one attached hydrogen (secondary N) is 3. The van der Waals surface area contributed by atoms with Crippen molar-refractivity contribution < 1.29 is 14.3 Å². The van der Waals surface area contributed by atoms with Crippen molar-refractivity contribution in [3.05, 3.63) is 18.2 Å². The quantitative estimate of drug-likeness (QED) is 0.783. The van der Waals surface area contributed by atoms with E-state index in [-0.39, 0.29) is 11.9 Å². The standard InChI is InChI=1S/C19H27N3O3/c1-12(2)9-14-10-15(22-21-14)18(23)20-13-5-6-16-17(11-13)25-19(24-16)7-3-4-8-19/h5-6,11-12,14-15,21-22H,3-4,7-10H2,1-2H3,(H,20,23). The van der Waals surface area contributed by atoms with E-state index >= 15 is 0 Å². The van der Waals surface area contributed by atoms with E-state index in [0.29, 0.717) is 12.0 Å². The maximum absolute atomic E-state index is 12.5. The molecule has 2 unspecified atom stereocenters. The van der Waals surface area contributed by atoms with E-state index in [1.165, 1.54) is 0 Å². The average Bonchev–Trinajstić information content (AvgIpc) is 3.27. The summed E-state index contributed by atoms with van der Waals surface area (Å²) in [6, 6.07) is 5.76. The lowest BCUT2D eigenvalue weighted by Crippen LogP contribution is -2.40. The van der Waals surface area contributed by atoms with Gasteiger partial charge in [-0.05, 0) is 43.7 Å². The summed E-state index contributed by atoms with van der Waals surface area (Å²) in [6.45, 7) is 4.39. The molecule has 1 aliphatic carbocycles. The largest absolute Gasteiger partial charge is 0.448 e. The van der Waals surface area contributed by atoms with Crippen molar-refractivity contribution in [2.24, 2.45) is 5.92 Å². The van der Waals surface area contributed by atoms with E-state index in [4.69, 9.17) is 9.47 Å². The first-order valence-corrected chi connectivity index (χ1v) is 9.37. The second-order valence-corrected chi connectivity index (χ2v) is 7.88. The third-order valence-electron chi connectivity index (χ3n) is 5.22. The summed E-state index contributed by atoms with van der Waals surface area (Å²) >= 11 is 0. The number of hydrogen-bond donors (Lipinski definition) is 3. The summed E-state index contributed by atoms with van der Waals surface area (Å²) in [5.74, 6) is 1.63. The van der Waals surface area contributed by atoms with Gasteiger partial charge < -0.3 is 14.8 Å². The zero-order valence-corrected chi connectivity index (χ0v) is 14.9. The third kappa shape index (κ3) is 3.46. The first-order valence-electron chi connectivity index (χ1n) is 9.37. The van der Waals surface area contributed by atoms with Crippen LogP contribution in [0.4, 0.5) is 5.69 Å². The Balaban J connectivity index is 1.37. The van der Waals surface area contributed by atoms with Crippen molar-refractivity contribution in [2.75, 3.05) is 5.32 Å². The van der Waals surface area contributed by atoms with Gasteiger partial charge in [-0.3, -0.25) is 10.2 Å². The van der Waals surface area contributed by atoms with Gasteiger partial charge in [0.05, 0.1) is 0 Å². The van der Waals surface area contributed by atoms with Crippen molar-refractivity contribution in [2.45, 2.75) is 70.2 Å². The molecule has 1 aromatic carbocycles. The number of hydrogen-bond acceptors (Lipinski definition) is 5. The Morgan fingerprint density at radius 2 is 2.00 bits per heavy atom. The molecule has 1 saturated carbocycles. The molecule has 1 amide bonds. The first-order chi connectivity index (χ1) is 12.0. The van der Waals surface area contributed by atoms with Crippen molar-refractivity contribution in [1.82, 2.24) is 10.9 Å². The fourth-order valence-electron chi connectivity index (χ4n) is 4.04. The fourth-order valence-corrected chi connectivity index (χ4v) is 4.04. The van der Waals surface area contributed by atoms with E-state index < -0.39 is 5.79 Å². The number of benzene rings is 1. The smallest absolute Gasteiger partial charge is 0.251 e. The van der Waals surface area contributed by atoms with Crippen LogP contribution in [-0.4, -0.2) is 23.8 Å². The highest BCUT2D eigenvalue weighted by Gasteiger charge is 2.44. The van der Waals surface area contributed by atoms with Crippen molar-refractivity contribution >= 4 is 11.6 Å². The predicted molar refractivity (Wildman–Crippen MR) is 95.4 cm³/mol. The van der Waals surface area contributed by atoms with Crippen LogP contribution in [0.2, 0.25) is 0 Å². The van der Waals surface area contributed by atoms with Crippen LogP contribution in [0.1, 0.15) is 52.4 Å². The van der Waals surface area contributed by atoms with Gasteiger partial charge in [0, 0.05) is 30.6 Å². The van der Waals surface area contributed by atoms with Crippen LogP contribution in [0.15, 0.2) is 18.2 Å². The summed E-state index contributed by atoms with van der Waals surface area (Å²) in [7, 11) is 0. The molecular weight excluding hydrogens is 318 g/mol. The van der Waals surface area contributed by atoms with Crippen LogP contribution in [0.5, 0.6) is 11.5 Å². The van der Waals surface area contributed by atoms with Gasteiger partial charge in [-0.15, -0.1) is 0 Å². The van der Waals surface area contributed by atoms with E-state index in [2.05, 4.69) is 30.0 Å². The molecule has 25 heavy (non-hydrogen) atoms. The number of ether oxygens (including phenoxy) is 2. The van der Waals surface area contributed by atoms with Gasteiger partial charge in [-0.2, -0.15) is 0 Å². The van der Waals surface area contributed by atoms with Crippen LogP contribution in [0.25, 0.3) is 0 Å². The van der Waals surface area contributed by atoms with Gasteiger partial charge in [0.1, 0.15) is 6.04 Å². The zero-order chi connectivity index (χ0) is 17.4. The van der Waals surface area contributed by atoms with E-state index in [0.717, 1.165) is 55.7 Å². The van der Waals surface area contributed by atoms with Gasteiger partial charge in [0.25, 0.3) is 5.79 Å². The molecule has 2 heterocycles. The molecule has 2 aliphatic heterocycles. The predicted octanol–water partition coefficient (Wildman–Crippen LogP) is 2.95. The molecule has 2 atom stereocenters. The van der Waals surface area contributed by atoms with Crippen LogP contribution in [0, 0.1) is 5.92 Å². The summed E-state index contributed by atoms with van der Waals surface area (Å²) in [5.41, 5.74) is 7.08. The van der Waals surface area contributed by atoms with Crippen LogP contribution in [-0.2, 0) is 4.79 Å². The molecule has 2 fully saturated rings. The minimum atomic E-state index is -0.466. The molecule has 6 nitrogen and oxygen atoms in total. The van der Waals surface area contributed by atoms with Crippen molar-refractivity contribution in [3.8, 4) is 11.5 Å². The summed E-state index contributed by atoms with van der Waals surface area (Å²) < 4.78 is 12.1. The summed E-state index contributed by atoms with van der Waals surface area (Å²) in [5, 5.41) is 2.99. The van der Waals surface area contributed by atoms with Gasteiger partial charge in [-0.25, -0.2) is 5.43 Å². The first kappa shape index (κ1) is 16.7. The van der Waals surface area contributed by atoms with Gasteiger partial charge in [0.15, 0.2) is 11.5 Å². The SMILES string of the molecule is CC(C)CC1CC(C(=O)Nc2ccc3c(c2)OC2(CCCC2)O3)NN1. The molecule has 1 saturated heterocycles. The highest BCUT2D eigenvalue weighted by Crippen LogP contribution is 2.47. The van der Waals surface area contributed by atoms with Crippen molar-refractivity contribution in [3.63, 3.8) is 0 Å². The van der Waals surface area contributed by atoms with E-state index in [1.54, 1.807) is 0 Å². The topological polar surface area (TPSA) is 71.6 Å². The fraction of sp³-hybridized carbons (Fsp3) is 0.632. The highest BCUT2D eigenvalue weighted by atomic mass is 16.7. The van der Waals surface area contributed by atoms with Crippen LogP contribution >= 0.6 is 0 Å². The maximum atomic E-state index is 12.5. The molecular formula is C19H27N3O3. The molecule has 3 N–H and O–H groups in total. The molecule has 3 aliphatic rings. The minimum absolute atomic E-state index is 0.0202. The van der Waals surface area contributed by atoms with Gasteiger partial charge >= 0.3 is 0 Å². The number of hydrazine groups is 1. The Bertz CT molecular complexity index is 655. The summed E-state index contributed by atoms with van der Waals surface area (Å²) in [4.78, 5) is 12.5. The van der Waals surface area contributed by atoms with Crippen LogP contribution in [0.3, 0.4) is 0 Å². The third-order valence-corrected chi connectivity index (χ3v) is 5.22. The number of fused-ring (bicyclic) bond motifs is 1. The van der Waals surface area contributed by atoms with Crippen LogP contribution < -0.4 is 25.6 Å². The molecule has 6 heteroatoms. The molecule has 1 spiro atoms. The molecule has 0 radical (unpaired) electrons.